The van der Waals surface area contributed by atoms with Gasteiger partial charge < -0.3 is 5.32 Å². The molecule has 0 bridgehead atoms. The van der Waals surface area contributed by atoms with Crippen LogP contribution in [0.3, 0.4) is 0 Å². The van der Waals surface area contributed by atoms with Crippen molar-refractivity contribution in [2.24, 2.45) is 17.3 Å². The van der Waals surface area contributed by atoms with E-state index in [2.05, 4.69) is 24.1 Å². The second-order valence-electron chi connectivity index (χ2n) is 8.93. The molecule has 1 heterocycles. The number of carbonyl (C=O) groups excluding carboxylic acids is 1. The summed E-state index contributed by atoms with van der Waals surface area (Å²) in [6.07, 6.45) is 11.2. The standard InChI is InChI=1S/C20H38N2O/c1-16(2)6-5-7-18-8-9-20(14-18)10-12-22(13-11-20)15-19(23)21-17(3)4/h16-18H,5-15H2,1-4H3,(H,21,23). The molecule has 134 valence electrons. The van der Waals surface area contributed by atoms with Crippen LogP contribution in [-0.2, 0) is 4.79 Å². The molecule has 2 fully saturated rings. The number of hydrogen-bond donors (Lipinski definition) is 1. The zero-order valence-electron chi connectivity index (χ0n) is 15.9. The van der Waals surface area contributed by atoms with Crippen molar-refractivity contribution < 1.29 is 4.79 Å². The smallest absolute Gasteiger partial charge is 0.234 e. The van der Waals surface area contributed by atoms with Crippen molar-refractivity contribution in [3.05, 3.63) is 0 Å². The maximum atomic E-state index is 11.9. The summed E-state index contributed by atoms with van der Waals surface area (Å²) in [5.41, 5.74) is 0.619. The summed E-state index contributed by atoms with van der Waals surface area (Å²) in [6, 6.07) is 0.250. The lowest BCUT2D eigenvalue weighted by molar-refractivity contribution is -0.123. The lowest BCUT2D eigenvalue weighted by atomic mass is 9.76. The van der Waals surface area contributed by atoms with Gasteiger partial charge in [-0.15, -0.1) is 0 Å². The molecule has 1 saturated carbocycles. The number of amides is 1. The molecule has 1 unspecified atom stereocenters. The Morgan fingerprint density at radius 3 is 2.48 bits per heavy atom. The molecule has 3 heteroatoms. The number of likely N-dealkylation sites (tertiary alicyclic amines) is 1. The Balaban J connectivity index is 1.69. The van der Waals surface area contributed by atoms with Gasteiger partial charge in [0.1, 0.15) is 0 Å². The monoisotopic (exact) mass is 322 g/mol. The molecular weight excluding hydrogens is 284 g/mol. The topological polar surface area (TPSA) is 32.3 Å². The number of carbonyl (C=O) groups is 1. The van der Waals surface area contributed by atoms with Crippen molar-refractivity contribution in [3.63, 3.8) is 0 Å². The average Bonchev–Trinajstić information content (AvgIpc) is 2.84. The fourth-order valence-corrected chi connectivity index (χ4v) is 4.60. The van der Waals surface area contributed by atoms with Gasteiger partial charge in [-0.05, 0) is 76.3 Å². The van der Waals surface area contributed by atoms with Gasteiger partial charge >= 0.3 is 0 Å². The van der Waals surface area contributed by atoms with E-state index in [4.69, 9.17) is 0 Å². The van der Waals surface area contributed by atoms with E-state index in [0.29, 0.717) is 12.0 Å². The largest absolute Gasteiger partial charge is 0.353 e. The van der Waals surface area contributed by atoms with Crippen LogP contribution in [0.1, 0.15) is 79.1 Å². The van der Waals surface area contributed by atoms with Gasteiger partial charge in [-0.1, -0.05) is 33.1 Å². The van der Waals surface area contributed by atoms with Gasteiger partial charge in [-0.25, -0.2) is 0 Å². The highest BCUT2D eigenvalue weighted by Crippen LogP contribution is 2.50. The predicted molar refractivity (Wildman–Crippen MR) is 97.4 cm³/mol. The number of piperidine rings is 1. The molecule has 1 saturated heterocycles. The minimum Gasteiger partial charge on any atom is -0.353 e. The van der Waals surface area contributed by atoms with Crippen LogP contribution >= 0.6 is 0 Å². The summed E-state index contributed by atoms with van der Waals surface area (Å²) < 4.78 is 0. The third-order valence-corrected chi connectivity index (χ3v) is 5.93. The molecule has 1 atom stereocenters. The van der Waals surface area contributed by atoms with Crippen LogP contribution in [0.4, 0.5) is 0 Å². The van der Waals surface area contributed by atoms with E-state index in [1.165, 1.54) is 51.4 Å². The van der Waals surface area contributed by atoms with E-state index in [0.717, 1.165) is 24.9 Å². The van der Waals surface area contributed by atoms with Crippen molar-refractivity contribution in [1.29, 1.82) is 0 Å². The first-order chi connectivity index (χ1) is 10.9. The molecule has 1 aliphatic heterocycles. The predicted octanol–water partition coefficient (Wildman–Crippen LogP) is 4.22. The SMILES string of the molecule is CC(C)CCCC1CCC2(CCN(CC(=O)NC(C)C)CC2)C1. The molecular formula is C20H38N2O. The molecule has 0 aromatic rings. The van der Waals surface area contributed by atoms with E-state index in [9.17, 15) is 4.79 Å². The Morgan fingerprint density at radius 2 is 1.87 bits per heavy atom. The van der Waals surface area contributed by atoms with Gasteiger partial charge in [-0.3, -0.25) is 9.69 Å². The molecule has 23 heavy (non-hydrogen) atoms. The van der Waals surface area contributed by atoms with Crippen molar-refractivity contribution in [1.82, 2.24) is 10.2 Å². The van der Waals surface area contributed by atoms with Crippen LogP contribution in [-0.4, -0.2) is 36.5 Å². The molecule has 0 aromatic heterocycles. The third kappa shape index (κ3) is 6.10. The molecule has 3 nitrogen and oxygen atoms in total. The first-order valence-corrected chi connectivity index (χ1v) is 9.90. The average molecular weight is 323 g/mol. The Bertz CT molecular complexity index is 370. The van der Waals surface area contributed by atoms with Gasteiger partial charge in [-0.2, -0.15) is 0 Å². The Kier molecular flexibility index (Phi) is 6.94. The highest BCUT2D eigenvalue weighted by molar-refractivity contribution is 5.78. The van der Waals surface area contributed by atoms with Crippen LogP contribution in [0.2, 0.25) is 0 Å². The van der Waals surface area contributed by atoms with Gasteiger partial charge in [0.25, 0.3) is 0 Å². The van der Waals surface area contributed by atoms with Crippen molar-refractivity contribution in [2.45, 2.75) is 85.1 Å². The van der Waals surface area contributed by atoms with E-state index in [-0.39, 0.29) is 11.9 Å². The number of hydrogen-bond acceptors (Lipinski definition) is 2. The molecule has 2 aliphatic rings. The fourth-order valence-electron chi connectivity index (χ4n) is 4.60. The quantitative estimate of drug-likeness (QED) is 0.761. The van der Waals surface area contributed by atoms with Gasteiger partial charge in [0, 0.05) is 6.04 Å². The Morgan fingerprint density at radius 1 is 1.17 bits per heavy atom. The second-order valence-corrected chi connectivity index (χ2v) is 8.93. The molecule has 0 aromatic carbocycles. The number of nitrogens with one attached hydrogen (secondary N) is 1. The summed E-state index contributed by atoms with van der Waals surface area (Å²) >= 11 is 0. The van der Waals surface area contributed by atoms with Gasteiger partial charge in [0.2, 0.25) is 5.91 Å². The van der Waals surface area contributed by atoms with Crippen molar-refractivity contribution >= 4 is 5.91 Å². The number of rotatable bonds is 7. The molecule has 1 spiro atoms. The first kappa shape index (κ1) is 18.8. The van der Waals surface area contributed by atoms with Crippen LogP contribution in [0.5, 0.6) is 0 Å². The zero-order chi connectivity index (χ0) is 16.9. The van der Waals surface area contributed by atoms with Gasteiger partial charge in [0.05, 0.1) is 6.54 Å². The fraction of sp³-hybridized carbons (Fsp3) is 0.950. The minimum atomic E-state index is 0.189. The lowest BCUT2D eigenvalue weighted by Crippen LogP contribution is -2.45. The van der Waals surface area contributed by atoms with Crippen LogP contribution in [0.25, 0.3) is 0 Å². The van der Waals surface area contributed by atoms with Crippen LogP contribution in [0, 0.1) is 17.3 Å². The third-order valence-electron chi connectivity index (χ3n) is 5.93. The molecule has 0 radical (unpaired) electrons. The maximum Gasteiger partial charge on any atom is 0.234 e. The normalized spacial score (nSPS) is 24.7. The lowest BCUT2D eigenvalue weighted by Gasteiger charge is -2.39. The Labute approximate surface area is 143 Å². The van der Waals surface area contributed by atoms with Gasteiger partial charge in [0.15, 0.2) is 0 Å². The summed E-state index contributed by atoms with van der Waals surface area (Å²) in [4.78, 5) is 14.3. The molecule has 1 amide bonds. The second kappa shape index (κ2) is 8.50. The molecule has 1 N–H and O–H groups in total. The van der Waals surface area contributed by atoms with E-state index in [1.54, 1.807) is 0 Å². The van der Waals surface area contributed by atoms with E-state index < -0.39 is 0 Å². The van der Waals surface area contributed by atoms with Crippen molar-refractivity contribution in [2.75, 3.05) is 19.6 Å². The highest BCUT2D eigenvalue weighted by atomic mass is 16.2. The number of nitrogens with zero attached hydrogens (tertiary/aromatic N) is 1. The first-order valence-electron chi connectivity index (χ1n) is 9.90. The summed E-state index contributed by atoms with van der Waals surface area (Å²) in [7, 11) is 0. The minimum absolute atomic E-state index is 0.189. The highest BCUT2D eigenvalue weighted by Gasteiger charge is 2.41. The maximum absolute atomic E-state index is 11.9. The summed E-state index contributed by atoms with van der Waals surface area (Å²) in [5, 5.41) is 3.01. The molecule has 2 rings (SSSR count). The van der Waals surface area contributed by atoms with E-state index >= 15 is 0 Å². The van der Waals surface area contributed by atoms with Crippen LogP contribution in [0.15, 0.2) is 0 Å². The van der Waals surface area contributed by atoms with Crippen molar-refractivity contribution in [3.8, 4) is 0 Å². The summed E-state index contributed by atoms with van der Waals surface area (Å²) in [6.45, 7) is 11.5. The van der Waals surface area contributed by atoms with Crippen LogP contribution < -0.4 is 5.32 Å². The summed E-state index contributed by atoms with van der Waals surface area (Å²) in [5.74, 6) is 2.02. The zero-order valence-corrected chi connectivity index (χ0v) is 15.9. The Hall–Kier alpha value is -0.570. The molecule has 1 aliphatic carbocycles. The van der Waals surface area contributed by atoms with E-state index in [1.807, 2.05) is 13.8 Å².